The number of aryl methyl sites for hydroxylation is 1. The third-order valence-corrected chi connectivity index (χ3v) is 3.23. The molecule has 2 rings (SSSR count). The molecule has 0 saturated carbocycles. The van der Waals surface area contributed by atoms with Crippen molar-refractivity contribution in [1.82, 2.24) is 9.97 Å². The second kappa shape index (κ2) is 7.99. The molecule has 0 atom stereocenters. The van der Waals surface area contributed by atoms with Crippen LogP contribution in [-0.2, 0) is 0 Å². The fourth-order valence-electron chi connectivity index (χ4n) is 2.14. The van der Waals surface area contributed by atoms with Gasteiger partial charge >= 0.3 is 0 Å². The van der Waals surface area contributed by atoms with E-state index < -0.39 is 0 Å². The first-order valence-corrected chi connectivity index (χ1v) is 7.58. The van der Waals surface area contributed by atoms with E-state index in [1.165, 1.54) is 12.8 Å². The van der Waals surface area contributed by atoms with Gasteiger partial charge in [0, 0.05) is 12.6 Å². The van der Waals surface area contributed by atoms with Crippen molar-refractivity contribution in [2.24, 2.45) is 0 Å². The summed E-state index contributed by atoms with van der Waals surface area (Å²) in [7, 11) is 0. The molecule has 0 radical (unpaired) electrons. The van der Waals surface area contributed by atoms with Crippen molar-refractivity contribution in [2.45, 2.75) is 33.1 Å². The number of anilines is 3. The number of para-hydroxylation sites is 1. The van der Waals surface area contributed by atoms with Gasteiger partial charge in [-0.25, -0.2) is 9.97 Å². The SMILES string of the molecule is CCCCCNc1cc(Nc2ccccc2C#N)nc(C)n1. The zero-order valence-corrected chi connectivity index (χ0v) is 13.1. The maximum Gasteiger partial charge on any atom is 0.136 e. The third-order valence-electron chi connectivity index (χ3n) is 3.23. The average molecular weight is 295 g/mol. The highest BCUT2D eigenvalue weighted by Crippen LogP contribution is 2.20. The molecule has 0 aliphatic heterocycles. The second-order valence-corrected chi connectivity index (χ2v) is 5.10. The summed E-state index contributed by atoms with van der Waals surface area (Å²) in [6, 6.07) is 11.4. The van der Waals surface area contributed by atoms with E-state index in [0.717, 1.165) is 24.5 Å². The summed E-state index contributed by atoms with van der Waals surface area (Å²) in [6.07, 6.45) is 3.53. The van der Waals surface area contributed by atoms with E-state index in [0.29, 0.717) is 17.2 Å². The maximum atomic E-state index is 9.14. The summed E-state index contributed by atoms with van der Waals surface area (Å²) in [6.45, 7) is 4.95. The Hall–Kier alpha value is -2.61. The van der Waals surface area contributed by atoms with Crippen LogP contribution in [-0.4, -0.2) is 16.5 Å². The Morgan fingerprint density at radius 2 is 1.91 bits per heavy atom. The number of nitrogens with zero attached hydrogens (tertiary/aromatic N) is 3. The fraction of sp³-hybridized carbons (Fsp3) is 0.353. The molecule has 5 heteroatoms. The van der Waals surface area contributed by atoms with Crippen LogP contribution in [0.5, 0.6) is 0 Å². The Labute approximate surface area is 131 Å². The van der Waals surface area contributed by atoms with Crippen LogP contribution in [0.3, 0.4) is 0 Å². The van der Waals surface area contributed by atoms with Crippen molar-refractivity contribution in [3.63, 3.8) is 0 Å². The number of unbranched alkanes of at least 4 members (excludes halogenated alkanes) is 2. The summed E-state index contributed by atoms with van der Waals surface area (Å²) < 4.78 is 0. The number of nitrogens with one attached hydrogen (secondary N) is 2. The summed E-state index contributed by atoms with van der Waals surface area (Å²) in [5, 5.41) is 15.6. The molecular formula is C17H21N5. The van der Waals surface area contributed by atoms with Crippen molar-refractivity contribution in [3.05, 3.63) is 41.7 Å². The van der Waals surface area contributed by atoms with E-state index in [1.54, 1.807) is 6.07 Å². The highest BCUT2D eigenvalue weighted by atomic mass is 15.1. The third kappa shape index (κ3) is 4.45. The lowest BCUT2D eigenvalue weighted by molar-refractivity contribution is 0.742. The lowest BCUT2D eigenvalue weighted by Gasteiger charge is -2.11. The van der Waals surface area contributed by atoms with E-state index >= 15 is 0 Å². The van der Waals surface area contributed by atoms with E-state index in [1.807, 2.05) is 31.2 Å². The second-order valence-electron chi connectivity index (χ2n) is 5.10. The number of aromatic nitrogens is 2. The van der Waals surface area contributed by atoms with Crippen LogP contribution in [0, 0.1) is 18.3 Å². The molecule has 0 unspecified atom stereocenters. The van der Waals surface area contributed by atoms with Gasteiger partial charge in [-0.1, -0.05) is 31.9 Å². The first-order chi connectivity index (χ1) is 10.7. The van der Waals surface area contributed by atoms with Crippen molar-refractivity contribution >= 4 is 17.3 Å². The number of hydrogen-bond acceptors (Lipinski definition) is 5. The summed E-state index contributed by atoms with van der Waals surface area (Å²) in [5.74, 6) is 2.19. The molecule has 0 saturated heterocycles. The van der Waals surface area contributed by atoms with Gasteiger partial charge < -0.3 is 10.6 Å². The van der Waals surface area contributed by atoms with Crippen molar-refractivity contribution < 1.29 is 0 Å². The fourth-order valence-corrected chi connectivity index (χ4v) is 2.14. The Bertz CT molecular complexity index is 660. The first-order valence-electron chi connectivity index (χ1n) is 7.58. The van der Waals surface area contributed by atoms with Crippen molar-refractivity contribution in [3.8, 4) is 6.07 Å². The minimum atomic E-state index is 0.594. The molecule has 2 aromatic rings. The molecule has 0 aliphatic carbocycles. The molecule has 22 heavy (non-hydrogen) atoms. The monoisotopic (exact) mass is 295 g/mol. The predicted octanol–water partition coefficient (Wildman–Crippen LogP) is 4.00. The molecule has 1 heterocycles. The molecule has 0 fully saturated rings. The molecule has 114 valence electrons. The molecular weight excluding hydrogens is 274 g/mol. The van der Waals surface area contributed by atoms with Gasteiger partial charge in [0.2, 0.25) is 0 Å². The summed E-state index contributed by atoms with van der Waals surface area (Å²) >= 11 is 0. The number of nitriles is 1. The smallest absolute Gasteiger partial charge is 0.136 e. The van der Waals surface area contributed by atoms with Crippen LogP contribution in [0.4, 0.5) is 17.3 Å². The minimum Gasteiger partial charge on any atom is -0.370 e. The van der Waals surface area contributed by atoms with E-state index in [9.17, 15) is 0 Å². The quantitative estimate of drug-likeness (QED) is 0.755. The van der Waals surface area contributed by atoms with Gasteiger partial charge in [-0.2, -0.15) is 5.26 Å². The van der Waals surface area contributed by atoms with Crippen LogP contribution in [0.25, 0.3) is 0 Å². The van der Waals surface area contributed by atoms with Gasteiger partial charge in [-0.3, -0.25) is 0 Å². The van der Waals surface area contributed by atoms with E-state index in [-0.39, 0.29) is 0 Å². The van der Waals surface area contributed by atoms with Gasteiger partial charge in [0.1, 0.15) is 23.5 Å². The van der Waals surface area contributed by atoms with Gasteiger partial charge in [0.05, 0.1) is 11.3 Å². The topological polar surface area (TPSA) is 73.6 Å². The standard InChI is InChI=1S/C17H21N5/c1-3-4-7-10-19-16-11-17(21-13(2)20-16)22-15-9-6-5-8-14(15)12-18/h5-6,8-9,11H,3-4,7,10H2,1-2H3,(H2,19,20,21,22). The van der Waals surface area contributed by atoms with E-state index in [4.69, 9.17) is 5.26 Å². The summed E-state index contributed by atoms with van der Waals surface area (Å²) in [4.78, 5) is 8.77. The lowest BCUT2D eigenvalue weighted by Crippen LogP contribution is -2.06. The first kappa shape index (κ1) is 15.8. The molecule has 0 bridgehead atoms. The van der Waals surface area contributed by atoms with Crippen LogP contribution in [0.1, 0.15) is 37.6 Å². The molecule has 0 spiro atoms. The number of benzene rings is 1. The van der Waals surface area contributed by atoms with E-state index in [2.05, 4.69) is 33.6 Å². The highest BCUT2D eigenvalue weighted by Gasteiger charge is 2.05. The molecule has 2 N–H and O–H groups in total. The number of hydrogen-bond donors (Lipinski definition) is 2. The predicted molar refractivity (Wildman–Crippen MR) is 89.2 cm³/mol. The van der Waals surface area contributed by atoms with Crippen molar-refractivity contribution in [2.75, 3.05) is 17.2 Å². The van der Waals surface area contributed by atoms with Crippen molar-refractivity contribution in [1.29, 1.82) is 5.26 Å². The lowest BCUT2D eigenvalue weighted by atomic mass is 10.2. The van der Waals surface area contributed by atoms with Crippen LogP contribution < -0.4 is 10.6 Å². The van der Waals surface area contributed by atoms with Gasteiger partial charge in [0.25, 0.3) is 0 Å². The van der Waals surface area contributed by atoms with Crippen LogP contribution in [0.15, 0.2) is 30.3 Å². The number of rotatable bonds is 7. The Morgan fingerprint density at radius 1 is 1.14 bits per heavy atom. The Kier molecular flexibility index (Phi) is 5.73. The Balaban J connectivity index is 2.11. The zero-order chi connectivity index (χ0) is 15.8. The highest BCUT2D eigenvalue weighted by molar-refractivity contribution is 5.65. The van der Waals surface area contributed by atoms with Gasteiger partial charge in [-0.05, 0) is 25.5 Å². The van der Waals surface area contributed by atoms with Gasteiger partial charge in [0.15, 0.2) is 0 Å². The Morgan fingerprint density at radius 3 is 2.68 bits per heavy atom. The summed E-state index contributed by atoms with van der Waals surface area (Å²) in [5.41, 5.74) is 1.34. The maximum absolute atomic E-state index is 9.14. The average Bonchev–Trinajstić information content (AvgIpc) is 2.52. The van der Waals surface area contributed by atoms with Crippen LogP contribution >= 0.6 is 0 Å². The van der Waals surface area contributed by atoms with Crippen LogP contribution in [0.2, 0.25) is 0 Å². The van der Waals surface area contributed by atoms with Gasteiger partial charge in [-0.15, -0.1) is 0 Å². The molecule has 0 amide bonds. The molecule has 1 aromatic heterocycles. The largest absolute Gasteiger partial charge is 0.370 e. The molecule has 0 aliphatic rings. The molecule has 5 nitrogen and oxygen atoms in total. The minimum absolute atomic E-state index is 0.594. The normalized spacial score (nSPS) is 10.0. The molecule has 1 aromatic carbocycles. The zero-order valence-electron chi connectivity index (χ0n) is 13.1.